The van der Waals surface area contributed by atoms with Crippen molar-refractivity contribution in [3.63, 3.8) is 0 Å². The molecule has 19 heavy (non-hydrogen) atoms. The van der Waals surface area contributed by atoms with Crippen molar-refractivity contribution in [3.8, 4) is 0 Å². The van der Waals surface area contributed by atoms with E-state index in [4.69, 9.17) is 5.84 Å². The van der Waals surface area contributed by atoms with Crippen molar-refractivity contribution in [3.05, 3.63) is 23.5 Å². The summed E-state index contributed by atoms with van der Waals surface area (Å²) in [7, 11) is 0. The summed E-state index contributed by atoms with van der Waals surface area (Å²) in [5, 5.41) is 2.98. The zero-order chi connectivity index (χ0) is 13.8. The molecule has 1 saturated carbocycles. The van der Waals surface area contributed by atoms with E-state index in [1.165, 1.54) is 19.3 Å². The molecule has 0 aliphatic heterocycles. The smallest absolute Gasteiger partial charge is 0.255 e. The number of hydrogen-bond acceptors (Lipinski definition) is 4. The molecule has 2 atom stereocenters. The van der Waals surface area contributed by atoms with Crippen LogP contribution in [0.3, 0.4) is 0 Å². The monoisotopic (exact) mass is 262 g/mol. The van der Waals surface area contributed by atoms with Crippen molar-refractivity contribution < 1.29 is 4.79 Å². The maximum absolute atomic E-state index is 12.1. The van der Waals surface area contributed by atoms with Gasteiger partial charge in [0.2, 0.25) is 0 Å². The number of nitrogen functional groups attached to an aromatic ring is 1. The number of amides is 1. The third kappa shape index (κ3) is 3.44. The molecule has 1 aliphatic rings. The quantitative estimate of drug-likeness (QED) is 0.571. The zero-order valence-electron chi connectivity index (χ0n) is 11.6. The van der Waals surface area contributed by atoms with Gasteiger partial charge in [0.25, 0.3) is 5.91 Å². The molecule has 1 heterocycles. The lowest BCUT2D eigenvalue weighted by Gasteiger charge is -2.13. The highest BCUT2D eigenvalue weighted by molar-refractivity contribution is 5.99. The second-order valence-electron chi connectivity index (χ2n) is 5.51. The maximum atomic E-state index is 12.1. The minimum absolute atomic E-state index is 0.111. The molecule has 5 heteroatoms. The number of hydrogen-bond donors (Lipinski definition) is 3. The van der Waals surface area contributed by atoms with Crippen molar-refractivity contribution in [2.24, 2.45) is 17.7 Å². The lowest BCUT2D eigenvalue weighted by Crippen LogP contribution is -2.29. The van der Waals surface area contributed by atoms with E-state index in [1.54, 1.807) is 12.3 Å². The van der Waals surface area contributed by atoms with Gasteiger partial charge in [-0.1, -0.05) is 13.3 Å². The van der Waals surface area contributed by atoms with Gasteiger partial charge < -0.3 is 10.7 Å². The van der Waals surface area contributed by atoms with Gasteiger partial charge in [0.1, 0.15) is 0 Å². The normalized spacial score (nSPS) is 22.3. The van der Waals surface area contributed by atoms with Crippen LogP contribution >= 0.6 is 0 Å². The molecule has 0 aromatic carbocycles. The second-order valence-corrected chi connectivity index (χ2v) is 5.51. The van der Waals surface area contributed by atoms with E-state index in [0.29, 0.717) is 17.2 Å². The van der Waals surface area contributed by atoms with Crippen LogP contribution in [-0.2, 0) is 0 Å². The molecular weight excluding hydrogens is 240 g/mol. The van der Waals surface area contributed by atoms with Gasteiger partial charge >= 0.3 is 0 Å². The zero-order valence-corrected chi connectivity index (χ0v) is 11.6. The number of rotatable bonds is 4. The summed E-state index contributed by atoms with van der Waals surface area (Å²) in [5.74, 6) is 6.71. The molecule has 0 radical (unpaired) electrons. The van der Waals surface area contributed by atoms with Gasteiger partial charge in [0.15, 0.2) is 0 Å². The highest BCUT2D eigenvalue weighted by atomic mass is 16.1. The topological polar surface area (TPSA) is 80.0 Å². The minimum atomic E-state index is -0.111. The average Bonchev–Trinajstić information content (AvgIpc) is 2.81. The minimum Gasteiger partial charge on any atom is -0.352 e. The summed E-state index contributed by atoms with van der Waals surface area (Å²) < 4.78 is 0. The van der Waals surface area contributed by atoms with Gasteiger partial charge in [0, 0.05) is 18.4 Å². The molecule has 5 nitrogen and oxygen atoms in total. The predicted octanol–water partition coefficient (Wildman–Crippen LogP) is 1.84. The van der Waals surface area contributed by atoms with Crippen LogP contribution in [0.25, 0.3) is 0 Å². The molecule has 1 aromatic rings. The number of carbonyl (C=O) groups excluding carboxylic acids is 1. The third-order valence-corrected chi connectivity index (χ3v) is 3.80. The van der Waals surface area contributed by atoms with E-state index >= 15 is 0 Å². The standard InChI is InChI=1S/C14H22N4O/c1-9-3-4-11(5-9)7-17-14(19)12-8-16-10(2)6-13(12)18-15/h6,8-9,11H,3-5,7,15H2,1-2H3,(H,16,18)(H,17,19). The molecule has 2 unspecified atom stereocenters. The van der Waals surface area contributed by atoms with Gasteiger partial charge in [-0.25, -0.2) is 0 Å². The van der Waals surface area contributed by atoms with Crippen molar-refractivity contribution in [2.45, 2.75) is 33.1 Å². The highest BCUT2D eigenvalue weighted by Gasteiger charge is 2.22. The van der Waals surface area contributed by atoms with Gasteiger partial charge in [-0.3, -0.25) is 15.6 Å². The molecule has 104 valence electrons. The molecule has 0 saturated heterocycles. The number of pyridine rings is 1. The van der Waals surface area contributed by atoms with E-state index < -0.39 is 0 Å². The van der Waals surface area contributed by atoms with E-state index in [-0.39, 0.29) is 5.91 Å². The lowest BCUT2D eigenvalue weighted by atomic mass is 10.1. The number of anilines is 1. The van der Waals surface area contributed by atoms with E-state index in [9.17, 15) is 4.79 Å². The van der Waals surface area contributed by atoms with Gasteiger partial charge in [-0.2, -0.15) is 0 Å². The number of aryl methyl sites for hydroxylation is 1. The van der Waals surface area contributed by atoms with Crippen LogP contribution in [-0.4, -0.2) is 17.4 Å². The Morgan fingerprint density at radius 1 is 1.53 bits per heavy atom. The van der Waals surface area contributed by atoms with Gasteiger partial charge in [-0.05, 0) is 37.7 Å². The first-order chi connectivity index (χ1) is 9.10. The fourth-order valence-electron chi connectivity index (χ4n) is 2.70. The van der Waals surface area contributed by atoms with Crippen LogP contribution < -0.4 is 16.6 Å². The molecule has 4 N–H and O–H groups in total. The lowest BCUT2D eigenvalue weighted by molar-refractivity contribution is 0.0947. The first-order valence-corrected chi connectivity index (χ1v) is 6.81. The van der Waals surface area contributed by atoms with Crippen molar-refractivity contribution in [1.29, 1.82) is 0 Å². The number of nitrogens with zero attached hydrogens (tertiary/aromatic N) is 1. The Morgan fingerprint density at radius 2 is 2.32 bits per heavy atom. The summed E-state index contributed by atoms with van der Waals surface area (Å²) in [6, 6.07) is 1.77. The molecule has 0 bridgehead atoms. The van der Waals surface area contributed by atoms with E-state index in [1.807, 2.05) is 6.92 Å². The number of aromatic nitrogens is 1. The predicted molar refractivity (Wildman–Crippen MR) is 75.6 cm³/mol. The van der Waals surface area contributed by atoms with Crippen LogP contribution in [0.2, 0.25) is 0 Å². The molecule has 1 aromatic heterocycles. The van der Waals surface area contributed by atoms with Gasteiger partial charge in [-0.15, -0.1) is 0 Å². The fourth-order valence-corrected chi connectivity index (χ4v) is 2.70. The van der Waals surface area contributed by atoms with Crippen molar-refractivity contribution in [1.82, 2.24) is 10.3 Å². The van der Waals surface area contributed by atoms with E-state index in [2.05, 4.69) is 22.7 Å². The Labute approximate surface area is 114 Å². The van der Waals surface area contributed by atoms with Crippen molar-refractivity contribution in [2.75, 3.05) is 12.0 Å². The van der Waals surface area contributed by atoms with Crippen molar-refractivity contribution >= 4 is 11.6 Å². The Bertz CT molecular complexity index is 461. The average molecular weight is 262 g/mol. The second kappa shape index (κ2) is 6.02. The molecule has 1 aliphatic carbocycles. The Balaban J connectivity index is 1.96. The number of carbonyl (C=O) groups is 1. The molecule has 1 fully saturated rings. The first-order valence-electron chi connectivity index (χ1n) is 6.81. The van der Waals surface area contributed by atoms with Gasteiger partial charge in [0.05, 0.1) is 11.3 Å². The van der Waals surface area contributed by atoms with Crippen LogP contribution in [0.15, 0.2) is 12.3 Å². The molecule has 1 amide bonds. The highest BCUT2D eigenvalue weighted by Crippen LogP contribution is 2.29. The first kappa shape index (κ1) is 13.8. The summed E-state index contributed by atoms with van der Waals surface area (Å²) in [4.78, 5) is 16.3. The molecule has 2 rings (SSSR count). The Kier molecular flexibility index (Phi) is 4.37. The summed E-state index contributed by atoms with van der Waals surface area (Å²) >= 11 is 0. The van der Waals surface area contributed by atoms with Crippen LogP contribution in [0, 0.1) is 18.8 Å². The molecular formula is C14H22N4O. The van der Waals surface area contributed by atoms with Crippen LogP contribution in [0.5, 0.6) is 0 Å². The summed E-state index contributed by atoms with van der Waals surface area (Å²) in [5.41, 5.74) is 4.49. The van der Waals surface area contributed by atoms with Crippen LogP contribution in [0.1, 0.15) is 42.2 Å². The Hall–Kier alpha value is -1.62. The SMILES string of the molecule is Cc1cc(NN)c(C(=O)NCC2CCC(C)C2)cn1. The number of nitrogens with one attached hydrogen (secondary N) is 2. The van der Waals surface area contributed by atoms with Crippen LogP contribution in [0.4, 0.5) is 5.69 Å². The third-order valence-electron chi connectivity index (χ3n) is 3.80. The maximum Gasteiger partial charge on any atom is 0.255 e. The Morgan fingerprint density at radius 3 is 2.95 bits per heavy atom. The van der Waals surface area contributed by atoms with E-state index in [0.717, 1.165) is 18.2 Å². The largest absolute Gasteiger partial charge is 0.352 e. The number of hydrazine groups is 1. The fraction of sp³-hybridized carbons (Fsp3) is 0.571. The summed E-state index contributed by atoms with van der Waals surface area (Å²) in [6.45, 7) is 4.87. The molecule has 0 spiro atoms. The summed E-state index contributed by atoms with van der Waals surface area (Å²) in [6.07, 6.45) is 5.24. The number of nitrogens with two attached hydrogens (primary N) is 1.